The molecule has 1 rings (SSSR count). The first-order valence-electron chi connectivity index (χ1n) is 7.93. The van der Waals surface area contributed by atoms with Crippen molar-refractivity contribution in [3.63, 3.8) is 0 Å². The second-order valence-corrected chi connectivity index (χ2v) is 6.73. The van der Waals surface area contributed by atoms with Crippen LogP contribution in [-0.2, 0) is 4.79 Å². The van der Waals surface area contributed by atoms with Crippen LogP contribution in [0.5, 0.6) is 0 Å². The van der Waals surface area contributed by atoms with Gasteiger partial charge in [-0.3, -0.25) is 4.79 Å². The Morgan fingerprint density at radius 2 is 1.57 bits per heavy atom. The predicted molar refractivity (Wildman–Crippen MR) is 90.1 cm³/mol. The molecule has 3 heteroatoms. The molecule has 1 aromatic carbocycles. The summed E-state index contributed by atoms with van der Waals surface area (Å²) >= 11 is 0. The molecule has 118 valence electrons. The van der Waals surface area contributed by atoms with Crippen molar-refractivity contribution < 1.29 is 4.79 Å². The molecule has 0 aliphatic heterocycles. The van der Waals surface area contributed by atoms with E-state index >= 15 is 0 Å². The summed E-state index contributed by atoms with van der Waals surface area (Å²) < 4.78 is 0. The highest BCUT2D eigenvalue weighted by atomic mass is 16.1. The Balaban J connectivity index is 2.48. The van der Waals surface area contributed by atoms with Crippen molar-refractivity contribution in [1.82, 2.24) is 5.32 Å². The van der Waals surface area contributed by atoms with Gasteiger partial charge in [-0.1, -0.05) is 46.8 Å². The third-order valence-corrected chi connectivity index (χ3v) is 4.24. The molecule has 0 bridgehead atoms. The van der Waals surface area contributed by atoms with Crippen LogP contribution in [0.25, 0.3) is 0 Å². The lowest BCUT2D eigenvalue weighted by Gasteiger charge is -2.25. The minimum absolute atomic E-state index is 0.130. The molecule has 0 saturated heterocycles. The van der Waals surface area contributed by atoms with Crippen LogP contribution in [-0.4, -0.2) is 12.5 Å². The van der Waals surface area contributed by atoms with Crippen molar-refractivity contribution in [2.45, 2.75) is 47.0 Å². The van der Waals surface area contributed by atoms with Crippen LogP contribution in [0.15, 0.2) is 24.3 Å². The molecule has 0 radical (unpaired) electrons. The van der Waals surface area contributed by atoms with Gasteiger partial charge in [0.1, 0.15) is 0 Å². The van der Waals surface area contributed by atoms with Gasteiger partial charge in [0.2, 0.25) is 5.91 Å². The van der Waals surface area contributed by atoms with Gasteiger partial charge in [0.25, 0.3) is 0 Å². The Bertz CT molecular complexity index is 429. The summed E-state index contributed by atoms with van der Waals surface area (Å²) in [6, 6.07) is 7.77. The van der Waals surface area contributed by atoms with Crippen LogP contribution in [0.2, 0.25) is 0 Å². The van der Waals surface area contributed by atoms with Crippen LogP contribution in [0.4, 0.5) is 5.69 Å². The lowest BCUT2D eigenvalue weighted by atomic mass is 9.85. The summed E-state index contributed by atoms with van der Waals surface area (Å²) in [6.07, 6.45) is 0.521. The van der Waals surface area contributed by atoms with E-state index < -0.39 is 0 Å². The van der Waals surface area contributed by atoms with Crippen LogP contribution >= 0.6 is 0 Å². The van der Waals surface area contributed by atoms with Crippen molar-refractivity contribution >= 4 is 11.6 Å². The van der Waals surface area contributed by atoms with E-state index in [1.807, 2.05) is 24.3 Å². The number of rotatable bonds is 7. The highest BCUT2D eigenvalue weighted by Gasteiger charge is 2.19. The topological polar surface area (TPSA) is 55.1 Å². The zero-order valence-electron chi connectivity index (χ0n) is 14.0. The number of hydrogen-bond acceptors (Lipinski definition) is 2. The third-order valence-electron chi connectivity index (χ3n) is 4.24. The van der Waals surface area contributed by atoms with Crippen molar-refractivity contribution in [2.75, 3.05) is 12.3 Å². The highest BCUT2D eigenvalue weighted by Crippen LogP contribution is 2.21. The quantitative estimate of drug-likeness (QED) is 0.750. The second-order valence-electron chi connectivity index (χ2n) is 6.73. The van der Waals surface area contributed by atoms with Crippen LogP contribution < -0.4 is 11.1 Å². The number of nitrogen functional groups attached to an aromatic ring is 1. The molecular weight excluding hydrogens is 260 g/mol. The Hall–Kier alpha value is -1.51. The number of nitrogens with one attached hydrogen (secondary N) is 1. The summed E-state index contributed by atoms with van der Waals surface area (Å²) in [5.41, 5.74) is 7.60. The third kappa shape index (κ3) is 5.78. The van der Waals surface area contributed by atoms with Gasteiger partial charge in [0.05, 0.1) is 0 Å². The van der Waals surface area contributed by atoms with Gasteiger partial charge < -0.3 is 11.1 Å². The fourth-order valence-corrected chi connectivity index (χ4v) is 2.77. The minimum Gasteiger partial charge on any atom is -0.399 e. The van der Waals surface area contributed by atoms with Gasteiger partial charge in [-0.2, -0.15) is 0 Å². The van der Waals surface area contributed by atoms with Crippen molar-refractivity contribution in [3.05, 3.63) is 29.8 Å². The second kappa shape index (κ2) is 8.06. The molecule has 3 nitrogen and oxygen atoms in total. The SMILES string of the molecule is CC(CC(=O)NCC(C(C)C)C(C)C)c1ccc(N)cc1. The van der Waals surface area contributed by atoms with E-state index in [0.29, 0.717) is 24.2 Å². The number of nitrogens with two attached hydrogens (primary N) is 1. The zero-order valence-corrected chi connectivity index (χ0v) is 14.0. The van der Waals surface area contributed by atoms with E-state index in [9.17, 15) is 4.79 Å². The molecule has 0 spiro atoms. The standard InChI is InChI=1S/C18H30N2O/c1-12(2)17(13(3)4)11-20-18(21)10-14(5)15-6-8-16(19)9-7-15/h6-9,12-14,17H,10-11,19H2,1-5H3,(H,20,21). The molecule has 1 atom stereocenters. The molecule has 3 N–H and O–H groups in total. The Morgan fingerprint density at radius 1 is 1.05 bits per heavy atom. The molecule has 0 heterocycles. The van der Waals surface area contributed by atoms with E-state index in [1.165, 1.54) is 0 Å². The summed E-state index contributed by atoms with van der Waals surface area (Å²) in [4.78, 5) is 12.1. The lowest BCUT2D eigenvalue weighted by Crippen LogP contribution is -2.34. The normalized spacial score (nSPS) is 13.0. The maximum absolute atomic E-state index is 12.1. The monoisotopic (exact) mass is 290 g/mol. The number of anilines is 1. The number of hydrogen-bond donors (Lipinski definition) is 2. The fraction of sp³-hybridized carbons (Fsp3) is 0.611. The van der Waals surface area contributed by atoms with Crippen molar-refractivity contribution in [3.8, 4) is 0 Å². The number of carbonyl (C=O) groups excluding carboxylic acids is 1. The van der Waals surface area contributed by atoms with Gasteiger partial charge in [0.15, 0.2) is 0 Å². The maximum Gasteiger partial charge on any atom is 0.220 e. The first-order chi connectivity index (χ1) is 9.81. The Morgan fingerprint density at radius 3 is 2.05 bits per heavy atom. The smallest absolute Gasteiger partial charge is 0.220 e. The molecule has 0 aliphatic carbocycles. The molecule has 0 fully saturated rings. The van der Waals surface area contributed by atoms with Gasteiger partial charge in [-0.05, 0) is 41.4 Å². The molecule has 0 saturated carbocycles. The van der Waals surface area contributed by atoms with Crippen LogP contribution in [0, 0.1) is 17.8 Å². The maximum atomic E-state index is 12.1. The van der Waals surface area contributed by atoms with E-state index in [0.717, 1.165) is 17.8 Å². The summed E-state index contributed by atoms with van der Waals surface area (Å²) in [6.45, 7) is 11.7. The van der Waals surface area contributed by atoms with E-state index in [4.69, 9.17) is 5.73 Å². The number of amides is 1. The summed E-state index contributed by atoms with van der Waals surface area (Å²) in [5, 5.41) is 3.09. The van der Waals surface area contributed by atoms with E-state index in [2.05, 4.69) is 39.9 Å². The van der Waals surface area contributed by atoms with Crippen LogP contribution in [0.1, 0.15) is 52.5 Å². The molecule has 1 unspecified atom stereocenters. The van der Waals surface area contributed by atoms with Gasteiger partial charge in [-0.25, -0.2) is 0 Å². The first-order valence-corrected chi connectivity index (χ1v) is 7.93. The fourth-order valence-electron chi connectivity index (χ4n) is 2.77. The summed E-state index contributed by atoms with van der Waals surface area (Å²) in [5.74, 6) is 2.04. The molecular formula is C18H30N2O. The first kappa shape index (κ1) is 17.5. The highest BCUT2D eigenvalue weighted by molar-refractivity contribution is 5.76. The average Bonchev–Trinajstić information content (AvgIpc) is 2.38. The molecule has 0 aromatic heterocycles. The zero-order chi connectivity index (χ0) is 16.0. The van der Waals surface area contributed by atoms with Crippen molar-refractivity contribution in [1.29, 1.82) is 0 Å². The largest absolute Gasteiger partial charge is 0.399 e. The van der Waals surface area contributed by atoms with Gasteiger partial charge in [-0.15, -0.1) is 0 Å². The van der Waals surface area contributed by atoms with E-state index in [1.54, 1.807) is 0 Å². The van der Waals surface area contributed by atoms with Gasteiger partial charge >= 0.3 is 0 Å². The van der Waals surface area contributed by atoms with Crippen molar-refractivity contribution in [2.24, 2.45) is 17.8 Å². The predicted octanol–water partition coefficient (Wildman–Crippen LogP) is 3.81. The lowest BCUT2D eigenvalue weighted by molar-refractivity contribution is -0.121. The average molecular weight is 290 g/mol. The van der Waals surface area contributed by atoms with Crippen LogP contribution in [0.3, 0.4) is 0 Å². The minimum atomic E-state index is 0.130. The molecule has 0 aliphatic rings. The molecule has 1 amide bonds. The number of carbonyl (C=O) groups is 1. The summed E-state index contributed by atoms with van der Waals surface area (Å²) in [7, 11) is 0. The molecule has 21 heavy (non-hydrogen) atoms. The Labute approximate surface area is 129 Å². The Kier molecular flexibility index (Phi) is 6.73. The van der Waals surface area contributed by atoms with Gasteiger partial charge in [0, 0.05) is 18.7 Å². The number of benzene rings is 1. The van der Waals surface area contributed by atoms with E-state index in [-0.39, 0.29) is 11.8 Å². The molecule has 1 aromatic rings.